The molecule has 3 aromatic rings. The number of fused-ring (bicyclic) bond motifs is 1. The number of hydrogen-bond donors (Lipinski definition) is 2. The van der Waals surface area contributed by atoms with Gasteiger partial charge in [0.25, 0.3) is 0 Å². The molecule has 108 valence electrons. The minimum Gasteiger partial charge on any atom is -0.337 e. The van der Waals surface area contributed by atoms with Gasteiger partial charge in [0, 0.05) is 30.4 Å². The Morgan fingerprint density at radius 2 is 2.24 bits per heavy atom. The fourth-order valence-electron chi connectivity index (χ4n) is 2.72. The molecule has 1 saturated heterocycles. The Kier molecular flexibility index (Phi) is 3.12. The highest BCUT2D eigenvalue weighted by Crippen LogP contribution is 2.32. The lowest BCUT2D eigenvalue weighted by Crippen LogP contribution is -2.49. The van der Waals surface area contributed by atoms with Crippen LogP contribution in [0.4, 0.5) is 5.95 Å². The Morgan fingerprint density at radius 1 is 1.33 bits per heavy atom. The number of piperazine rings is 1. The third-order valence-corrected chi connectivity index (χ3v) is 4.91. The first-order valence-corrected chi connectivity index (χ1v) is 8.01. The number of nitrogens with one attached hydrogen (secondary N) is 2. The highest BCUT2D eigenvalue weighted by molar-refractivity contribution is 7.22. The highest BCUT2D eigenvalue weighted by Gasteiger charge is 2.20. The van der Waals surface area contributed by atoms with E-state index in [1.54, 1.807) is 11.3 Å². The number of H-pyrrole nitrogens is 1. The van der Waals surface area contributed by atoms with Crippen molar-refractivity contribution in [1.82, 2.24) is 20.5 Å². The molecule has 5 nitrogen and oxygen atoms in total. The topological polar surface area (TPSA) is 56.8 Å². The first-order valence-electron chi connectivity index (χ1n) is 7.19. The second-order valence-corrected chi connectivity index (χ2v) is 6.52. The lowest BCUT2D eigenvalue weighted by atomic mass is 10.2. The Bertz CT molecular complexity index is 729. The van der Waals surface area contributed by atoms with E-state index < -0.39 is 0 Å². The van der Waals surface area contributed by atoms with Crippen molar-refractivity contribution in [2.75, 3.05) is 24.5 Å². The number of aromatic nitrogens is 3. The summed E-state index contributed by atoms with van der Waals surface area (Å²) in [5.74, 6) is 1.66. The zero-order chi connectivity index (χ0) is 14.2. The minimum absolute atomic E-state index is 0.477. The molecule has 0 unspecified atom stereocenters. The van der Waals surface area contributed by atoms with Gasteiger partial charge in [-0.2, -0.15) is 4.98 Å². The van der Waals surface area contributed by atoms with Crippen LogP contribution in [0.25, 0.3) is 20.8 Å². The molecule has 1 fully saturated rings. The van der Waals surface area contributed by atoms with Crippen molar-refractivity contribution >= 4 is 27.4 Å². The molecule has 0 saturated carbocycles. The fourth-order valence-corrected chi connectivity index (χ4v) is 3.72. The van der Waals surface area contributed by atoms with Gasteiger partial charge >= 0.3 is 0 Å². The molecule has 6 heteroatoms. The summed E-state index contributed by atoms with van der Waals surface area (Å²) in [5, 5.41) is 12.2. The molecule has 1 aliphatic rings. The van der Waals surface area contributed by atoms with Crippen LogP contribution in [0, 0.1) is 0 Å². The minimum atomic E-state index is 0.477. The number of thiophene rings is 1. The summed E-state index contributed by atoms with van der Waals surface area (Å²) >= 11 is 1.75. The van der Waals surface area contributed by atoms with E-state index in [1.807, 2.05) is 0 Å². The molecule has 0 bridgehead atoms. The smallest absolute Gasteiger partial charge is 0.245 e. The predicted molar refractivity (Wildman–Crippen MR) is 86.9 cm³/mol. The largest absolute Gasteiger partial charge is 0.337 e. The third-order valence-electron chi connectivity index (χ3n) is 3.78. The van der Waals surface area contributed by atoms with E-state index in [9.17, 15) is 0 Å². The van der Waals surface area contributed by atoms with Crippen molar-refractivity contribution in [3.63, 3.8) is 0 Å². The van der Waals surface area contributed by atoms with Crippen LogP contribution in [0.1, 0.15) is 6.92 Å². The second kappa shape index (κ2) is 5.13. The quantitative estimate of drug-likeness (QED) is 0.763. The van der Waals surface area contributed by atoms with Crippen LogP contribution in [-0.2, 0) is 0 Å². The molecular formula is C15H17N5S. The van der Waals surface area contributed by atoms with E-state index in [2.05, 4.69) is 62.7 Å². The van der Waals surface area contributed by atoms with Gasteiger partial charge in [0.15, 0.2) is 5.82 Å². The van der Waals surface area contributed by atoms with E-state index in [0.29, 0.717) is 6.04 Å². The van der Waals surface area contributed by atoms with E-state index in [1.165, 1.54) is 10.1 Å². The summed E-state index contributed by atoms with van der Waals surface area (Å²) in [4.78, 5) is 8.04. The Labute approximate surface area is 127 Å². The van der Waals surface area contributed by atoms with E-state index in [-0.39, 0.29) is 0 Å². The Balaban J connectivity index is 1.64. The predicted octanol–water partition coefficient (Wildman–Crippen LogP) is 2.48. The van der Waals surface area contributed by atoms with Gasteiger partial charge in [-0.15, -0.1) is 16.4 Å². The summed E-state index contributed by atoms with van der Waals surface area (Å²) in [5.41, 5.74) is 0. The van der Waals surface area contributed by atoms with E-state index in [4.69, 9.17) is 0 Å². The summed E-state index contributed by atoms with van der Waals surface area (Å²) in [7, 11) is 0. The van der Waals surface area contributed by atoms with E-state index >= 15 is 0 Å². The monoisotopic (exact) mass is 299 g/mol. The summed E-state index contributed by atoms with van der Waals surface area (Å²) in [6.07, 6.45) is 0. The zero-order valence-corrected chi connectivity index (χ0v) is 12.7. The van der Waals surface area contributed by atoms with Gasteiger partial charge in [-0.3, -0.25) is 5.10 Å². The van der Waals surface area contributed by atoms with Crippen molar-refractivity contribution in [3.05, 3.63) is 30.3 Å². The number of rotatable bonds is 2. The van der Waals surface area contributed by atoms with Crippen LogP contribution in [0.5, 0.6) is 0 Å². The number of hydrogen-bond acceptors (Lipinski definition) is 5. The van der Waals surface area contributed by atoms with Gasteiger partial charge < -0.3 is 10.2 Å². The average Bonchev–Trinajstić information content (AvgIpc) is 3.14. The van der Waals surface area contributed by atoms with Crippen LogP contribution < -0.4 is 10.2 Å². The molecule has 0 radical (unpaired) electrons. The van der Waals surface area contributed by atoms with Crippen LogP contribution in [0.3, 0.4) is 0 Å². The molecular weight excluding hydrogens is 282 g/mol. The number of nitrogens with zero attached hydrogens (tertiary/aromatic N) is 3. The van der Waals surface area contributed by atoms with Gasteiger partial charge in [-0.1, -0.05) is 18.2 Å². The van der Waals surface area contributed by atoms with Crippen LogP contribution in [0.15, 0.2) is 30.3 Å². The van der Waals surface area contributed by atoms with Gasteiger partial charge in [0.05, 0.1) is 4.88 Å². The third kappa shape index (κ3) is 2.41. The summed E-state index contributed by atoms with van der Waals surface area (Å²) in [6.45, 7) is 5.07. The maximum Gasteiger partial charge on any atom is 0.245 e. The molecule has 21 heavy (non-hydrogen) atoms. The van der Waals surface area contributed by atoms with Gasteiger partial charge in [-0.25, -0.2) is 0 Å². The van der Waals surface area contributed by atoms with Crippen LogP contribution in [0.2, 0.25) is 0 Å². The standard InChI is InChI=1S/C15H17N5S/c1-10-9-20(7-6-16-10)15-17-14(18-19-15)13-8-11-4-2-3-5-12(11)21-13/h2-5,8,10,16H,6-7,9H2,1H3,(H,17,18,19)/t10-/m1/s1. The van der Waals surface area contributed by atoms with Crippen molar-refractivity contribution < 1.29 is 0 Å². The van der Waals surface area contributed by atoms with Gasteiger partial charge in [0.1, 0.15) is 0 Å². The second-order valence-electron chi connectivity index (χ2n) is 5.43. The SMILES string of the molecule is C[C@@H]1CN(c2n[nH]c(-c3cc4ccccc4s3)n2)CCN1. The molecule has 0 aliphatic carbocycles. The first kappa shape index (κ1) is 12.8. The summed E-state index contributed by atoms with van der Waals surface area (Å²) in [6, 6.07) is 11.0. The van der Waals surface area contributed by atoms with Crippen LogP contribution >= 0.6 is 11.3 Å². The van der Waals surface area contributed by atoms with E-state index in [0.717, 1.165) is 36.3 Å². The van der Waals surface area contributed by atoms with Crippen molar-refractivity contribution in [1.29, 1.82) is 0 Å². The lowest BCUT2D eigenvalue weighted by Gasteiger charge is -2.30. The molecule has 2 aromatic heterocycles. The van der Waals surface area contributed by atoms with Crippen LogP contribution in [-0.4, -0.2) is 40.9 Å². The maximum absolute atomic E-state index is 4.68. The molecule has 1 aliphatic heterocycles. The molecule has 4 rings (SSSR count). The lowest BCUT2D eigenvalue weighted by molar-refractivity contribution is 0.480. The first-order chi connectivity index (χ1) is 10.3. The zero-order valence-electron chi connectivity index (χ0n) is 11.8. The molecule has 3 heterocycles. The molecule has 1 aromatic carbocycles. The average molecular weight is 299 g/mol. The Morgan fingerprint density at radius 3 is 3.10 bits per heavy atom. The van der Waals surface area contributed by atoms with Crippen molar-refractivity contribution in [3.8, 4) is 10.7 Å². The van der Waals surface area contributed by atoms with Crippen molar-refractivity contribution in [2.24, 2.45) is 0 Å². The normalized spacial score (nSPS) is 19.3. The Hall–Kier alpha value is -1.92. The fraction of sp³-hybridized carbons (Fsp3) is 0.333. The molecule has 1 atom stereocenters. The summed E-state index contributed by atoms with van der Waals surface area (Å²) < 4.78 is 1.28. The highest BCUT2D eigenvalue weighted by atomic mass is 32.1. The molecule has 2 N–H and O–H groups in total. The number of benzene rings is 1. The van der Waals surface area contributed by atoms with Gasteiger partial charge in [0.2, 0.25) is 5.95 Å². The molecule has 0 amide bonds. The number of anilines is 1. The van der Waals surface area contributed by atoms with Gasteiger partial charge in [-0.05, 0) is 24.4 Å². The molecule has 0 spiro atoms. The van der Waals surface area contributed by atoms with Crippen molar-refractivity contribution in [2.45, 2.75) is 13.0 Å². The maximum atomic E-state index is 4.68. The number of aromatic amines is 1.